The summed E-state index contributed by atoms with van der Waals surface area (Å²) >= 11 is 0. The van der Waals surface area contributed by atoms with E-state index >= 15 is 0 Å². The minimum absolute atomic E-state index is 0.0723. The summed E-state index contributed by atoms with van der Waals surface area (Å²) in [6, 6.07) is 15.7. The number of aliphatic hydroxyl groups is 1. The van der Waals surface area contributed by atoms with E-state index in [1.54, 1.807) is 7.05 Å². The number of fused-ring (bicyclic) bond motifs is 2. The molecule has 0 fully saturated rings. The molecule has 0 saturated heterocycles. The second-order valence-corrected chi connectivity index (χ2v) is 10.2. The van der Waals surface area contributed by atoms with Gasteiger partial charge in [-0.3, -0.25) is 4.79 Å². The van der Waals surface area contributed by atoms with Gasteiger partial charge in [0, 0.05) is 36.8 Å². The van der Waals surface area contributed by atoms with Crippen molar-refractivity contribution in [3.63, 3.8) is 0 Å². The molecule has 0 aliphatic rings. The van der Waals surface area contributed by atoms with Crippen LogP contribution in [0.3, 0.4) is 0 Å². The van der Waals surface area contributed by atoms with Crippen molar-refractivity contribution in [3.05, 3.63) is 88.1 Å². The van der Waals surface area contributed by atoms with Crippen molar-refractivity contribution in [3.8, 4) is 11.3 Å². The molecule has 5 aromatic rings. The van der Waals surface area contributed by atoms with Crippen LogP contribution in [0.25, 0.3) is 32.8 Å². The molecule has 5 N–H and O–H groups in total. The summed E-state index contributed by atoms with van der Waals surface area (Å²) in [6.45, 7) is 7.60. The van der Waals surface area contributed by atoms with Crippen LogP contribution in [0.15, 0.2) is 65.7 Å². The first-order valence-corrected chi connectivity index (χ1v) is 13.4. The van der Waals surface area contributed by atoms with Crippen LogP contribution in [0.2, 0.25) is 0 Å². The maximum absolute atomic E-state index is 13.4. The van der Waals surface area contributed by atoms with E-state index in [2.05, 4.69) is 35.4 Å². The third-order valence-electron chi connectivity index (χ3n) is 6.69. The molecule has 0 aliphatic heterocycles. The zero-order chi connectivity index (χ0) is 28.1. The van der Waals surface area contributed by atoms with Gasteiger partial charge in [0.05, 0.1) is 23.4 Å². The molecule has 5 rings (SSSR count). The van der Waals surface area contributed by atoms with Gasteiger partial charge in [-0.25, -0.2) is 9.67 Å². The molecule has 39 heavy (non-hydrogen) atoms. The largest absolute Gasteiger partial charge is 0.392 e. The molecule has 2 aromatic carbocycles. The number of hydrogen-bond donors (Lipinski definition) is 3. The molecular weight excluding hydrogens is 488 g/mol. The Bertz CT molecular complexity index is 1650. The van der Waals surface area contributed by atoms with Crippen LogP contribution in [0, 0.1) is 5.92 Å². The first-order valence-electron chi connectivity index (χ1n) is 13.4. The smallest absolute Gasteiger partial charge is 0.276 e. The number of aromatic nitrogens is 4. The predicted molar refractivity (Wildman–Crippen MR) is 159 cm³/mol. The van der Waals surface area contributed by atoms with Gasteiger partial charge in [-0.05, 0) is 53.4 Å². The van der Waals surface area contributed by atoms with Gasteiger partial charge in [0.1, 0.15) is 5.82 Å². The molecule has 0 spiro atoms. The Hall–Kier alpha value is -4.01. The number of aliphatic hydroxyl groups excluding tert-OH is 1. The fraction of sp³-hybridized carbons (Fsp3) is 0.323. The van der Waals surface area contributed by atoms with Crippen LogP contribution < -0.4 is 17.0 Å². The lowest BCUT2D eigenvalue weighted by Crippen LogP contribution is -2.22. The first-order chi connectivity index (χ1) is 18.8. The van der Waals surface area contributed by atoms with Crippen LogP contribution in [0.4, 0.5) is 5.82 Å². The summed E-state index contributed by atoms with van der Waals surface area (Å²) in [4.78, 5) is 17.9. The van der Waals surface area contributed by atoms with E-state index in [0.29, 0.717) is 23.7 Å². The zero-order valence-corrected chi connectivity index (χ0v) is 23.2. The molecule has 3 aromatic heterocycles. The summed E-state index contributed by atoms with van der Waals surface area (Å²) in [7, 11) is 1.70. The summed E-state index contributed by atoms with van der Waals surface area (Å²) in [5, 5.41) is 17.8. The maximum atomic E-state index is 13.4. The van der Waals surface area contributed by atoms with Gasteiger partial charge in [0.25, 0.3) is 5.56 Å². The Morgan fingerprint density at radius 1 is 1.05 bits per heavy atom. The maximum Gasteiger partial charge on any atom is 0.276 e. The highest BCUT2D eigenvalue weighted by Crippen LogP contribution is 2.33. The zero-order valence-electron chi connectivity index (χ0n) is 23.2. The van der Waals surface area contributed by atoms with Crippen molar-refractivity contribution in [2.24, 2.45) is 18.7 Å². The highest BCUT2D eigenvalue weighted by Gasteiger charge is 2.21. The number of aryl methyl sites for hydroxylation is 1. The SMILES string of the molecule is CC(C)Cc1nn(C)c(=O)c2c(-c3cccc(CO)c3)n(Cc3cnc(N)c4ccccc34)cc12.CCCN. The van der Waals surface area contributed by atoms with Gasteiger partial charge in [-0.15, -0.1) is 0 Å². The molecule has 0 saturated carbocycles. The molecule has 0 unspecified atom stereocenters. The second-order valence-electron chi connectivity index (χ2n) is 10.2. The highest BCUT2D eigenvalue weighted by molar-refractivity contribution is 5.97. The van der Waals surface area contributed by atoms with Crippen LogP contribution >= 0.6 is 0 Å². The van der Waals surface area contributed by atoms with Gasteiger partial charge < -0.3 is 21.1 Å². The van der Waals surface area contributed by atoms with Crippen molar-refractivity contribution < 1.29 is 5.11 Å². The van der Waals surface area contributed by atoms with Crippen LogP contribution in [0.5, 0.6) is 0 Å². The van der Waals surface area contributed by atoms with Gasteiger partial charge in [-0.1, -0.05) is 63.2 Å². The number of hydrogen-bond acceptors (Lipinski definition) is 6. The monoisotopic (exact) mass is 526 g/mol. The van der Waals surface area contributed by atoms with Crippen molar-refractivity contribution in [1.82, 2.24) is 19.3 Å². The molecule has 3 heterocycles. The molecule has 0 radical (unpaired) electrons. The van der Waals surface area contributed by atoms with Crippen LogP contribution in [-0.2, 0) is 26.6 Å². The Morgan fingerprint density at radius 2 is 1.77 bits per heavy atom. The van der Waals surface area contributed by atoms with Gasteiger partial charge in [0.15, 0.2) is 0 Å². The molecule has 0 amide bonds. The Labute approximate surface area is 228 Å². The standard InChI is InChI=1S/C28H29N5O2.C3H9N/c1-17(2)11-24-23-15-33(14-20-13-30-27(29)22-10-5-4-9-21(20)22)26(25(23)28(35)32(3)31-24)19-8-6-7-18(12-19)16-34;1-2-3-4/h4-10,12-13,15,17,34H,11,14,16H2,1-3H3,(H2,29,30);2-4H2,1H3. The Kier molecular flexibility index (Phi) is 8.79. The number of anilines is 1. The fourth-order valence-corrected chi connectivity index (χ4v) is 4.81. The topological polar surface area (TPSA) is 125 Å². The number of benzene rings is 2. The quantitative estimate of drug-likeness (QED) is 0.284. The lowest BCUT2D eigenvalue weighted by atomic mass is 10.0. The molecule has 0 atom stereocenters. The summed E-state index contributed by atoms with van der Waals surface area (Å²) in [5.41, 5.74) is 15.4. The summed E-state index contributed by atoms with van der Waals surface area (Å²) in [6.07, 6.45) is 5.70. The van der Waals surface area contributed by atoms with E-state index in [4.69, 9.17) is 11.5 Å². The molecule has 0 bridgehead atoms. The molecule has 204 valence electrons. The normalized spacial score (nSPS) is 11.3. The van der Waals surface area contributed by atoms with Gasteiger partial charge in [-0.2, -0.15) is 5.10 Å². The number of nitrogen functional groups attached to an aromatic ring is 1. The van der Waals surface area contributed by atoms with Gasteiger partial charge in [0.2, 0.25) is 0 Å². The third kappa shape index (κ3) is 5.87. The predicted octanol–water partition coefficient (Wildman–Crippen LogP) is 4.63. The van der Waals surface area contributed by atoms with Crippen molar-refractivity contribution in [1.29, 1.82) is 0 Å². The van der Waals surface area contributed by atoms with E-state index in [0.717, 1.165) is 63.6 Å². The van der Waals surface area contributed by atoms with Crippen LogP contribution in [-0.4, -0.2) is 31.0 Å². The molecular formula is C31H38N6O2. The van der Waals surface area contributed by atoms with Crippen molar-refractivity contribution in [2.45, 2.75) is 46.8 Å². The molecule has 8 nitrogen and oxygen atoms in total. The van der Waals surface area contributed by atoms with E-state index in [9.17, 15) is 9.90 Å². The second kappa shape index (κ2) is 12.2. The summed E-state index contributed by atoms with van der Waals surface area (Å²) < 4.78 is 3.54. The Morgan fingerprint density at radius 3 is 2.44 bits per heavy atom. The number of nitrogens with two attached hydrogens (primary N) is 2. The minimum Gasteiger partial charge on any atom is -0.392 e. The van der Waals surface area contributed by atoms with Crippen LogP contribution in [0.1, 0.15) is 44.0 Å². The van der Waals surface area contributed by atoms with Gasteiger partial charge >= 0.3 is 0 Å². The van der Waals surface area contributed by atoms with E-state index < -0.39 is 0 Å². The first kappa shape index (κ1) is 28.0. The lowest BCUT2D eigenvalue weighted by Gasteiger charge is -2.13. The number of nitrogens with zero attached hydrogens (tertiary/aromatic N) is 4. The minimum atomic E-state index is -0.143. The molecule has 0 aliphatic carbocycles. The van der Waals surface area contributed by atoms with Crippen molar-refractivity contribution >= 4 is 27.4 Å². The van der Waals surface area contributed by atoms with E-state index in [1.165, 1.54) is 4.68 Å². The highest BCUT2D eigenvalue weighted by atomic mass is 16.3. The third-order valence-corrected chi connectivity index (χ3v) is 6.69. The van der Waals surface area contributed by atoms with E-state index in [-0.39, 0.29) is 12.2 Å². The average Bonchev–Trinajstić information content (AvgIpc) is 3.33. The van der Waals surface area contributed by atoms with Crippen molar-refractivity contribution in [2.75, 3.05) is 12.3 Å². The Balaban J connectivity index is 0.000000826. The fourth-order valence-electron chi connectivity index (χ4n) is 4.81. The lowest BCUT2D eigenvalue weighted by molar-refractivity contribution is 0.282. The van der Waals surface area contributed by atoms with E-state index in [1.807, 2.05) is 60.9 Å². The summed E-state index contributed by atoms with van der Waals surface area (Å²) in [5.74, 6) is 0.883. The average molecular weight is 527 g/mol. The molecule has 8 heteroatoms. The number of rotatable bonds is 7. The number of pyridine rings is 1.